The molecule has 1 spiro atoms. The Labute approximate surface area is 131 Å². The minimum atomic E-state index is -0.186. The molecule has 0 saturated carbocycles. The molecule has 0 radical (unpaired) electrons. The number of likely N-dealkylation sites (tertiary alicyclic amines) is 1. The minimum absolute atomic E-state index is 0.186. The lowest BCUT2D eigenvalue weighted by atomic mass is 9.78. The third-order valence-corrected chi connectivity index (χ3v) is 4.93. The van der Waals surface area contributed by atoms with Gasteiger partial charge < -0.3 is 9.80 Å². The van der Waals surface area contributed by atoms with Crippen LogP contribution in [0.5, 0.6) is 0 Å². The summed E-state index contributed by atoms with van der Waals surface area (Å²) in [4.78, 5) is 21.5. The number of piperidine rings is 1. The van der Waals surface area contributed by atoms with Crippen molar-refractivity contribution in [3.63, 3.8) is 0 Å². The van der Waals surface area contributed by atoms with Crippen LogP contribution in [-0.2, 0) is 4.79 Å². The molecular formula is C16H22ClN3O. The van der Waals surface area contributed by atoms with Crippen LogP contribution in [0.25, 0.3) is 0 Å². The van der Waals surface area contributed by atoms with Crippen LogP contribution < -0.4 is 4.90 Å². The van der Waals surface area contributed by atoms with Gasteiger partial charge in [-0.2, -0.15) is 0 Å². The molecule has 21 heavy (non-hydrogen) atoms. The van der Waals surface area contributed by atoms with Crippen LogP contribution in [0.2, 0.25) is 5.02 Å². The summed E-state index contributed by atoms with van der Waals surface area (Å²) in [7, 11) is 0. The van der Waals surface area contributed by atoms with Crippen molar-refractivity contribution < 1.29 is 4.79 Å². The summed E-state index contributed by atoms with van der Waals surface area (Å²) in [5.74, 6) is 1.28. The van der Waals surface area contributed by atoms with Crippen LogP contribution in [0, 0.1) is 5.41 Å². The zero-order valence-electron chi connectivity index (χ0n) is 12.5. The molecule has 0 bridgehead atoms. The van der Waals surface area contributed by atoms with E-state index in [1.807, 2.05) is 12.1 Å². The summed E-state index contributed by atoms with van der Waals surface area (Å²) in [5.41, 5.74) is -0.186. The van der Waals surface area contributed by atoms with E-state index in [-0.39, 0.29) is 5.41 Å². The standard InChI is InChI=1S/C16H22ClN3O/c1-2-8-19-9-3-6-16(15(19)21)7-10-20(12-16)14-5-4-13(17)11-18-14/h4-5,11H,2-3,6-10,12H2,1H3/t16-/m0/s1. The number of nitrogens with zero attached hydrogens (tertiary/aromatic N) is 3. The van der Waals surface area contributed by atoms with Gasteiger partial charge in [0, 0.05) is 32.4 Å². The summed E-state index contributed by atoms with van der Waals surface area (Å²) in [6.07, 6.45) is 5.78. The van der Waals surface area contributed by atoms with E-state index in [0.29, 0.717) is 10.9 Å². The van der Waals surface area contributed by atoms with Gasteiger partial charge in [0.2, 0.25) is 5.91 Å². The van der Waals surface area contributed by atoms with Gasteiger partial charge in [0.25, 0.3) is 0 Å². The normalized spacial score (nSPS) is 25.9. The molecule has 5 heteroatoms. The Morgan fingerprint density at radius 3 is 2.90 bits per heavy atom. The lowest BCUT2D eigenvalue weighted by Gasteiger charge is -2.39. The van der Waals surface area contributed by atoms with Crippen molar-refractivity contribution in [3.8, 4) is 0 Å². The number of carbonyl (C=O) groups excluding carboxylic acids is 1. The van der Waals surface area contributed by atoms with Gasteiger partial charge in [0.1, 0.15) is 5.82 Å². The van der Waals surface area contributed by atoms with Crippen molar-refractivity contribution in [1.29, 1.82) is 0 Å². The van der Waals surface area contributed by atoms with Crippen molar-refractivity contribution in [3.05, 3.63) is 23.4 Å². The molecule has 0 unspecified atom stereocenters. The van der Waals surface area contributed by atoms with Crippen LogP contribution in [0.1, 0.15) is 32.6 Å². The van der Waals surface area contributed by atoms with Crippen LogP contribution >= 0.6 is 11.6 Å². The van der Waals surface area contributed by atoms with Crippen LogP contribution in [0.15, 0.2) is 18.3 Å². The van der Waals surface area contributed by atoms with E-state index >= 15 is 0 Å². The molecule has 114 valence electrons. The summed E-state index contributed by atoms with van der Waals surface area (Å²) in [5, 5.41) is 0.649. The van der Waals surface area contributed by atoms with Crippen molar-refractivity contribution in [2.75, 3.05) is 31.1 Å². The predicted octanol–water partition coefficient (Wildman–Crippen LogP) is 2.96. The quantitative estimate of drug-likeness (QED) is 0.861. The van der Waals surface area contributed by atoms with Gasteiger partial charge in [0.05, 0.1) is 10.4 Å². The van der Waals surface area contributed by atoms with Gasteiger partial charge in [-0.05, 0) is 37.8 Å². The molecule has 1 atom stereocenters. The average molecular weight is 308 g/mol. The first-order chi connectivity index (χ1) is 10.1. The highest BCUT2D eigenvalue weighted by Crippen LogP contribution is 2.41. The third kappa shape index (κ3) is 2.73. The Morgan fingerprint density at radius 2 is 2.19 bits per heavy atom. The number of anilines is 1. The van der Waals surface area contributed by atoms with Crippen molar-refractivity contribution in [2.45, 2.75) is 32.6 Å². The Balaban J connectivity index is 1.75. The van der Waals surface area contributed by atoms with Crippen molar-refractivity contribution in [2.24, 2.45) is 5.41 Å². The molecule has 2 saturated heterocycles. The van der Waals surface area contributed by atoms with Gasteiger partial charge in [-0.25, -0.2) is 4.98 Å². The van der Waals surface area contributed by atoms with Gasteiger partial charge in [0.15, 0.2) is 0 Å². The molecule has 1 amide bonds. The fraction of sp³-hybridized carbons (Fsp3) is 0.625. The Bertz CT molecular complexity index is 517. The van der Waals surface area contributed by atoms with Gasteiger partial charge in [-0.1, -0.05) is 18.5 Å². The number of hydrogen-bond acceptors (Lipinski definition) is 3. The predicted molar refractivity (Wildman–Crippen MR) is 84.6 cm³/mol. The van der Waals surface area contributed by atoms with Crippen LogP contribution in [0.3, 0.4) is 0 Å². The zero-order valence-corrected chi connectivity index (χ0v) is 13.3. The molecule has 2 aliphatic rings. The molecule has 0 aliphatic carbocycles. The maximum Gasteiger partial charge on any atom is 0.230 e. The second-order valence-corrected chi connectivity index (χ2v) is 6.62. The summed E-state index contributed by atoms with van der Waals surface area (Å²) in [6, 6.07) is 3.80. The van der Waals surface area contributed by atoms with E-state index in [1.54, 1.807) is 6.20 Å². The van der Waals surface area contributed by atoms with Crippen LogP contribution in [0.4, 0.5) is 5.82 Å². The van der Waals surface area contributed by atoms with Crippen LogP contribution in [-0.4, -0.2) is 42.0 Å². The molecule has 4 nitrogen and oxygen atoms in total. The SMILES string of the molecule is CCCN1CCC[C@@]2(CCN(c3ccc(Cl)cn3)C2)C1=O. The smallest absolute Gasteiger partial charge is 0.230 e. The highest BCUT2D eigenvalue weighted by Gasteiger charge is 2.48. The summed E-state index contributed by atoms with van der Waals surface area (Å²) < 4.78 is 0. The number of halogens is 1. The first-order valence-electron chi connectivity index (χ1n) is 7.80. The van der Waals surface area contributed by atoms with Crippen molar-refractivity contribution >= 4 is 23.3 Å². The first kappa shape index (κ1) is 14.6. The van der Waals surface area contributed by atoms with E-state index in [0.717, 1.165) is 57.7 Å². The molecule has 1 aromatic rings. The topological polar surface area (TPSA) is 36.4 Å². The number of carbonyl (C=O) groups is 1. The summed E-state index contributed by atoms with van der Waals surface area (Å²) >= 11 is 5.90. The highest BCUT2D eigenvalue weighted by molar-refractivity contribution is 6.30. The zero-order chi connectivity index (χ0) is 14.9. The molecule has 0 aromatic carbocycles. The number of hydrogen-bond donors (Lipinski definition) is 0. The molecule has 0 N–H and O–H groups in total. The minimum Gasteiger partial charge on any atom is -0.356 e. The molecule has 2 aliphatic heterocycles. The molecule has 3 rings (SSSR count). The van der Waals surface area contributed by atoms with Gasteiger partial charge >= 0.3 is 0 Å². The van der Waals surface area contributed by atoms with Gasteiger partial charge in [-0.15, -0.1) is 0 Å². The van der Waals surface area contributed by atoms with E-state index in [1.165, 1.54) is 0 Å². The summed E-state index contributed by atoms with van der Waals surface area (Å²) in [6.45, 7) is 5.64. The number of amides is 1. The molecule has 2 fully saturated rings. The Kier molecular flexibility index (Phi) is 4.07. The van der Waals surface area contributed by atoms with Gasteiger partial charge in [-0.3, -0.25) is 4.79 Å². The molecule has 3 heterocycles. The fourth-order valence-electron chi connectivity index (χ4n) is 3.64. The molecular weight excluding hydrogens is 286 g/mol. The number of pyridine rings is 1. The maximum absolute atomic E-state index is 12.8. The second-order valence-electron chi connectivity index (χ2n) is 6.18. The monoisotopic (exact) mass is 307 g/mol. The van der Waals surface area contributed by atoms with Crippen molar-refractivity contribution in [1.82, 2.24) is 9.88 Å². The lowest BCUT2D eigenvalue weighted by molar-refractivity contribution is -0.145. The number of rotatable bonds is 3. The lowest BCUT2D eigenvalue weighted by Crippen LogP contribution is -2.50. The van der Waals surface area contributed by atoms with E-state index in [2.05, 4.69) is 21.7 Å². The van der Waals surface area contributed by atoms with E-state index in [9.17, 15) is 4.79 Å². The number of aromatic nitrogens is 1. The maximum atomic E-state index is 12.8. The molecule has 1 aromatic heterocycles. The third-order valence-electron chi connectivity index (χ3n) is 4.71. The Hall–Kier alpha value is -1.29. The highest BCUT2D eigenvalue weighted by atomic mass is 35.5. The van der Waals surface area contributed by atoms with E-state index in [4.69, 9.17) is 11.6 Å². The largest absolute Gasteiger partial charge is 0.356 e. The Morgan fingerprint density at radius 1 is 1.33 bits per heavy atom. The average Bonchev–Trinajstić information content (AvgIpc) is 2.90. The second kappa shape index (κ2) is 5.84. The first-order valence-corrected chi connectivity index (χ1v) is 8.18. The fourth-order valence-corrected chi connectivity index (χ4v) is 3.75. The van der Waals surface area contributed by atoms with E-state index < -0.39 is 0 Å².